The SMILES string of the molecule is C=Cc1ccc(C#Cc2cncn2C)nn1. The minimum atomic E-state index is 0.631. The van der Waals surface area contributed by atoms with Gasteiger partial charge in [0.05, 0.1) is 18.2 Å². The van der Waals surface area contributed by atoms with Crippen LogP contribution in [0.2, 0.25) is 0 Å². The summed E-state index contributed by atoms with van der Waals surface area (Å²) in [6.45, 7) is 3.61. The van der Waals surface area contributed by atoms with Gasteiger partial charge in [0.15, 0.2) is 0 Å². The van der Waals surface area contributed by atoms with Crippen molar-refractivity contribution in [3.05, 3.63) is 48.3 Å². The molecular formula is C12H10N4. The van der Waals surface area contributed by atoms with Gasteiger partial charge in [0.2, 0.25) is 0 Å². The van der Waals surface area contributed by atoms with E-state index in [1.54, 1.807) is 18.6 Å². The molecule has 2 heterocycles. The molecule has 78 valence electrons. The van der Waals surface area contributed by atoms with Crippen molar-refractivity contribution in [2.75, 3.05) is 0 Å². The van der Waals surface area contributed by atoms with Gasteiger partial charge in [-0.15, -0.1) is 10.2 Å². The first kappa shape index (κ1) is 10.1. The molecule has 0 aliphatic heterocycles. The molecule has 2 aromatic heterocycles. The summed E-state index contributed by atoms with van der Waals surface area (Å²) in [4.78, 5) is 3.97. The number of aryl methyl sites for hydroxylation is 1. The van der Waals surface area contributed by atoms with E-state index in [9.17, 15) is 0 Å². The van der Waals surface area contributed by atoms with E-state index in [0.717, 1.165) is 11.4 Å². The van der Waals surface area contributed by atoms with Crippen LogP contribution in [0.4, 0.5) is 0 Å². The standard InChI is InChI=1S/C12H10N4/c1-3-10-4-5-11(15-14-10)6-7-12-8-13-9-16(12)2/h3-5,8-9H,1H2,2H3. The van der Waals surface area contributed by atoms with Crippen LogP contribution in [0, 0.1) is 11.8 Å². The molecule has 0 aromatic carbocycles. The number of rotatable bonds is 1. The summed E-state index contributed by atoms with van der Waals surface area (Å²) in [5.74, 6) is 5.89. The van der Waals surface area contributed by atoms with Crippen molar-refractivity contribution >= 4 is 6.08 Å². The maximum atomic E-state index is 3.97. The fraction of sp³-hybridized carbons (Fsp3) is 0.0833. The van der Waals surface area contributed by atoms with Gasteiger partial charge in [-0.2, -0.15) is 0 Å². The van der Waals surface area contributed by atoms with Crippen LogP contribution in [-0.2, 0) is 7.05 Å². The third kappa shape index (κ3) is 2.15. The first-order valence-electron chi connectivity index (χ1n) is 4.74. The largest absolute Gasteiger partial charge is 0.327 e. The second-order valence-corrected chi connectivity index (χ2v) is 3.19. The highest BCUT2D eigenvalue weighted by molar-refractivity contribution is 5.42. The van der Waals surface area contributed by atoms with Gasteiger partial charge < -0.3 is 4.57 Å². The lowest BCUT2D eigenvalue weighted by Crippen LogP contribution is -1.91. The van der Waals surface area contributed by atoms with Crippen LogP contribution in [0.15, 0.2) is 31.2 Å². The van der Waals surface area contributed by atoms with Gasteiger partial charge in [-0.3, -0.25) is 0 Å². The Morgan fingerprint density at radius 2 is 2.19 bits per heavy atom. The van der Waals surface area contributed by atoms with Crippen LogP contribution >= 0.6 is 0 Å². The van der Waals surface area contributed by atoms with Crippen molar-refractivity contribution in [1.29, 1.82) is 0 Å². The average Bonchev–Trinajstić information content (AvgIpc) is 2.73. The Labute approximate surface area is 93.7 Å². The minimum Gasteiger partial charge on any atom is -0.327 e. The second kappa shape index (κ2) is 4.41. The molecular weight excluding hydrogens is 200 g/mol. The Kier molecular flexibility index (Phi) is 2.79. The highest BCUT2D eigenvalue weighted by Gasteiger charge is 1.93. The molecule has 2 aromatic rings. The van der Waals surface area contributed by atoms with Crippen molar-refractivity contribution in [2.45, 2.75) is 0 Å². The van der Waals surface area contributed by atoms with Crippen molar-refractivity contribution in [3.63, 3.8) is 0 Å². The average molecular weight is 210 g/mol. The first-order valence-corrected chi connectivity index (χ1v) is 4.74. The molecule has 0 amide bonds. The zero-order chi connectivity index (χ0) is 11.4. The Morgan fingerprint density at radius 3 is 2.75 bits per heavy atom. The quantitative estimate of drug-likeness (QED) is 0.665. The molecule has 0 unspecified atom stereocenters. The lowest BCUT2D eigenvalue weighted by Gasteiger charge is -1.91. The van der Waals surface area contributed by atoms with E-state index < -0.39 is 0 Å². The molecule has 0 aliphatic carbocycles. The van der Waals surface area contributed by atoms with E-state index in [1.165, 1.54) is 0 Å². The maximum Gasteiger partial charge on any atom is 0.136 e. The molecule has 2 rings (SSSR count). The van der Waals surface area contributed by atoms with E-state index in [1.807, 2.05) is 23.7 Å². The van der Waals surface area contributed by atoms with Crippen molar-refractivity contribution in [2.24, 2.45) is 7.05 Å². The summed E-state index contributed by atoms with van der Waals surface area (Å²) in [6, 6.07) is 3.64. The number of hydrogen-bond donors (Lipinski definition) is 0. The summed E-state index contributed by atoms with van der Waals surface area (Å²) in [6.07, 6.45) is 5.06. The maximum absolute atomic E-state index is 3.97. The van der Waals surface area contributed by atoms with Gasteiger partial charge in [0, 0.05) is 7.05 Å². The summed E-state index contributed by atoms with van der Waals surface area (Å²) >= 11 is 0. The Bertz CT molecular complexity index is 555. The molecule has 0 bridgehead atoms. The van der Waals surface area contributed by atoms with Crippen LogP contribution in [0.25, 0.3) is 6.08 Å². The number of nitrogens with zero attached hydrogens (tertiary/aromatic N) is 4. The minimum absolute atomic E-state index is 0.631. The summed E-state index contributed by atoms with van der Waals surface area (Å²) in [5.41, 5.74) is 2.22. The lowest BCUT2D eigenvalue weighted by molar-refractivity contribution is 0.899. The summed E-state index contributed by atoms with van der Waals surface area (Å²) in [7, 11) is 1.89. The van der Waals surface area contributed by atoms with Crippen molar-refractivity contribution in [3.8, 4) is 11.8 Å². The molecule has 0 atom stereocenters. The molecule has 0 N–H and O–H groups in total. The Balaban J connectivity index is 2.24. The van der Waals surface area contributed by atoms with Crippen LogP contribution in [-0.4, -0.2) is 19.7 Å². The molecule has 0 fully saturated rings. The van der Waals surface area contributed by atoms with Crippen LogP contribution in [0.5, 0.6) is 0 Å². The van der Waals surface area contributed by atoms with E-state index in [4.69, 9.17) is 0 Å². The zero-order valence-electron chi connectivity index (χ0n) is 8.88. The second-order valence-electron chi connectivity index (χ2n) is 3.19. The van der Waals surface area contributed by atoms with Crippen LogP contribution < -0.4 is 0 Å². The van der Waals surface area contributed by atoms with Gasteiger partial charge >= 0.3 is 0 Å². The Hall–Kier alpha value is -2.41. The van der Waals surface area contributed by atoms with Gasteiger partial charge in [-0.25, -0.2) is 4.98 Å². The topological polar surface area (TPSA) is 43.6 Å². The predicted molar refractivity (Wildman–Crippen MR) is 61.3 cm³/mol. The molecule has 0 saturated heterocycles. The van der Waals surface area contributed by atoms with Crippen molar-refractivity contribution < 1.29 is 0 Å². The molecule has 0 aliphatic rings. The molecule has 4 nitrogen and oxygen atoms in total. The molecule has 0 saturated carbocycles. The number of aromatic nitrogens is 4. The van der Waals surface area contributed by atoms with Crippen LogP contribution in [0.1, 0.15) is 17.1 Å². The third-order valence-corrected chi connectivity index (χ3v) is 2.03. The van der Waals surface area contributed by atoms with E-state index >= 15 is 0 Å². The normalized spacial score (nSPS) is 9.31. The van der Waals surface area contributed by atoms with Gasteiger partial charge in [0.25, 0.3) is 0 Å². The van der Waals surface area contributed by atoms with Gasteiger partial charge in [-0.1, -0.05) is 6.58 Å². The highest BCUT2D eigenvalue weighted by atomic mass is 15.1. The first-order chi connectivity index (χ1) is 7.79. The van der Waals surface area contributed by atoms with Crippen LogP contribution in [0.3, 0.4) is 0 Å². The van der Waals surface area contributed by atoms with Gasteiger partial charge in [0.1, 0.15) is 11.4 Å². The molecule has 4 heteroatoms. The summed E-state index contributed by atoms with van der Waals surface area (Å²) in [5, 5.41) is 7.88. The predicted octanol–water partition coefficient (Wildman–Crippen LogP) is 1.25. The monoisotopic (exact) mass is 210 g/mol. The lowest BCUT2D eigenvalue weighted by atomic mass is 10.3. The molecule has 16 heavy (non-hydrogen) atoms. The number of imidazole rings is 1. The fourth-order valence-corrected chi connectivity index (χ4v) is 1.12. The molecule has 0 spiro atoms. The van der Waals surface area contributed by atoms with E-state index in [-0.39, 0.29) is 0 Å². The fourth-order valence-electron chi connectivity index (χ4n) is 1.12. The molecule has 0 radical (unpaired) electrons. The van der Waals surface area contributed by atoms with Crippen molar-refractivity contribution in [1.82, 2.24) is 19.7 Å². The number of hydrogen-bond acceptors (Lipinski definition) is 3. The summed E-state index contributed by atoms with van der Waals surface area (Å²) < 4.78 is 1.85. The van der Waals surface area contributed by atoms with E-state index in [0.29, 0.717) is 5.69 Å². The smallest absolute Gasteiger partial charge is 0.136 e. The third-order valence-electron chi connectivity index (χ3n) is 2.03. The van der Waals surface area contributed by atoms with E-state index in [2.05, 4.69) is 33.6 Å². The van der Waals surface area contributed by atoms with Gasteiger partial charge in [-0.05, 0) is 30.0 Å². The zero-order valence-corrected chi connectivity index (χ0v) is 8.88. The highest BCUT2D eigenvalue weighted by Crippen LogP contribution is 1.97. The Morgan fingerprint density at radius 1 is 1.31 bits per heavy atom.